The molecule has 0 spiro atoms. The van der Waals surface area contributed by atoms with Crippen LogP contribution in [0.5, 0.6) is 0 Å². The highest BCUT2D eigenvalue weighted by Gasteiger charge is 2.39. The Morgan fingerprint density at radius 1 is 0.926 bits per heavy atom. The summed E-state index contributed by atoms with van der Waals surface area (Å²) in [5, 5.41) is 5.16. The van der Waals surface area contributed by atoms with Gasteiger partial charge in [-0.25, -0.2) is 0 Å². The van der Waals surface area contributed by atoms with Gasteiger partial charge in [-0.15, -0.1) is 0 Å². The van der Waals surface area contributed by atoms with Crippen LogP contribution in [0.15, 0.2) is 0 Å². The lowest BCUT2D eigenvalue weighted by molar-refractivity contribution is -0.166. The van der Waals surface area contributed by atoms with Crippen molar-refractivity contribution < 1.29 is 28.7 Å². The Hall–Kier alpha value is -2.12. The van der Waals surface area contributed by atoms with Crippen molar-refractivity contribution in [3.05, 3.63) is 0 Å². The van der Waals surface area contributed by atoms with E-state index < -0.39 is 29.4 Å². The summed E-state index contributed by atoms with van der Waals surface area (Å²) in [7, 11) is 0. The minimum Gasteiger partial charge on any atom is -0.465 e. The zero-order valence-electron chi connectivity index (χ0n) is 18.4. The number of hydrogen-bond acceptors (Lipinski definition) is 6. The highest BCUT2D eigenvalue weighted by molar-refractivity contribution is 5.85. The van der Waals surface area contributed by atoms with Gasteiger partial charge in [-0.05, 0) is 6.92 Å². The minimum absolute atomic E-state index is 0.0793. The lowest BCUT2D eigenvalue weighted by Gasteiger charge is -2.31. The van der Waals surface area contributed by atoms with E-state index in [4.69, 9.17) is 9.47 Å². The predicted molar refractivity (Wildman–Crippen MR) is 105 cm³/mol. The van der Waals surface area contributed by atoms with Gasteiger partial charge in [0.1, 0.15) is 6.61 Å². The molecule has 0 fully saturated rings. The molecule has 1 unspecified atom stereocenters. The third-order valence-corrected chi connectivity index (χ3v) is 2.90. The molecule has 0 aromatic carbocycles. The van der Waals surface area contributed by atoms with Crippen LogP contribution in [0, 0.1) is 5.41 Å². The van der Waals surface area contributed by atoms with E-state index in [-0.39, 0.29) is 25.5 Å². The molecule has 8 heteroatoms. The lowest BCUT2D eigenvalue weighted by Crippen LogP contribution is -2.49. The number of ether oxygens (including phenoxy) is 2. The van der Waals surface area contributed by atoms with Crippen molar-refractivity contribution in [1.82, 2.24) is 10.6 Å². The van der Waals surface area contributed by atoms with Gasteiger partial charge in [-0.1, -0.05) is 41.5 Å². The Morgan fingerprint density at radius 3 is 1.85 bits per heavy atom. The fraction of sp³-hybridized carbons (Fsp3) is 0.789. The number of hydrogen-bond donors (Lipinski definition) is 2. The van der Waals surface area contributed by atoms with Gasteiger partial charge in [0, 0.05) is 38.8 Å². The summed E-state index contributed by atoms with van der Waals surface area (Å²) < 4.78 is 9.99. The van der Waals surface area contributed by atoms with Crippen LogP contribution >= 0.6 is 0 Å². The molecule has 8 nitrogen and oxygen atoms in total. The molecule has 0 aromatic rings. The number of amides is 2. The van der Waals surface area contributed by atoms with E-state index in [9.17, 15) is 19.2 Å². The Balaban J connectivity index is -0.00000134. The standard InChI is InChI=1S/C15H26N2O6.2C2H6/c1-6-16-12(20)7-8-17-14(21)13(23-11(3)19)15(4,5)9-22-10(2)18;2*1-2/h13H,6-9H2,1-5H3,(H,16,20)(H,17,21);2*1-2H3. The van der Waals surface area contributed by atoms with E-state index in [1.54, 1.807) is 20.8 Å². The maximum absolute atomic E-state index is 12.2. The van der Waals surface area contributed by atoms with Crippen molar-refractivity contribution in [3.8, 4) is 0 Å². The highest BCUT2D eigenvalue weighted by Crippen LogP contribution is 2.24. The molecular formula is C19H38N2O6. The van der Waals surface area contributed by atoms with Gasteiger partial charge in [0.2, 0.25) is 5.91 Å². The second-order valence-electron chi connectivity index (χ2n) is 5.75. The van der Waals surface area contributed by atoms with Gasteiger partial charge in [0.25, 0.3) is 5.91 Å². The van der Waals surface area contributed by atoms with Crippen molar-refractivity contribution in [2.45, 2.75) is 74.8 Å². The van der Waals surface area contributed by atoms with Crippen LogP contribution < -0.4 is 10.6 Å². The maximum atomic E-state index is 12.2. The molecule has 1 atom stereocenters. The average Bonchev–Trinajstić information content (AvgIpc) is 2.61. The monoisotopic (exact) mass is 390 g/mol. The molecule has 160 valence electrons. The maximum Gasteiger partial charge on any atom is 0.303 e. The average molecular weight is 391 g/mol. The quantitative estimate of drug-likeness (QED) is 0.584. The summed E-state index contributed by atoms with van der Waals surface area (Å²) >= 11 is 0. The van der Waals surface area contributed by atoms with E-state index in [1.807, 2.05) is 27.7 Å². The molecule has 0 aliphatic rings. The van der Waals surface area contributed by atoms with E-state index in [0.29, 0.717) is 6.54 Å². The first-order chi connectivity index (χ1) is 12.6. The number of carbonyl (C=O) groups excluding carboxylic acids is 4. The Morgan fingerprint density at radius 2 is 1.44 bits per heavy atom. The van der Waals surface area contributed by atoms with Gasteiger partial charge in [0.05, 0.1) is 0 Å². The molecule has 0 radical (unpaired) electrons. The third kappa shape index (κ3) is 15.8. The van der Waals surface area contributed by atoms with E-state index in [0.717, 1.165) is 0 Å². The fourth-order valence-corrected chi connectivity index (χ4v) is 1.77. The molecule has 2 amide bonds. The number of rotatable bonds is 9. The number of esters is 2. The molecule has 0 aliphatic heterocycles. The van der Waals surface area contributed by atoms with Crippen LogP contribution in [0.2, 0.25) is 0 Å². The Kier molecular flexibility index (Phi) is 19.0. The summed E-state index contributed by atoms with van der Waals surface area (Å²) in [6.45, 7) is 16.1. The van der Waals surface area contributed by atoms with Crippen molar-refractivity contribution in [2.75, 3.05) is 19.7 Å². The zero-order valence-corrected chi connectivity index (χ0v) is 18.4. The summed E-state index contributed by atoms with van der Waals surface area (Å²) in [5.74, 6) is -1.83. The van der Waals surface area contributed by atoms with Gasteiger partial charge in [0.15, 0.2) is 6.10 Å². The largest absolute Gasteiger partial charge is 0.465 e. The van der Waals surface area contributed by atoms with Crippen molar-refractivity contribution in [3.63, 3.8) is 0 Å². The molecule has 0 aliphatic carbocycles. The zero-order chi connectivity index (χ0) is 22.0. The first-order valence-corrected chi connectivity index (χ1v) is 9.45. The predicted octanol–water partition coefficient (Wildman–Crippen LogP) is 2.20. The highest BCUT2D eigenvalue weighted by atomic mass is 16.6. The Labute approximate surface area is 163 Å². The molecule has 27 heavy (non-hydrogen) atoms. The molecule has 0 rings (SSSR count). The molecule has 0 bridgehead atoms. The summed E-state index contributed by atoms with van der Waals surface area (Å²) in [6, 6.07) is 0. The second-order valence-corrected chi connectivity index (χ2v) is 5.75. The van der Waals surface area contributed by atoms with Crippen LogP contribution in [-0.4, -0.2) is 49.6 Å². The number of nitrogens with one attached hydrogen (secondary N) is 2. The minimum atomic E-state index is -1.13. The Bertz CT molecular complexity index is 449. The molecule has 0 saturated heterocycles. The first kappa shape index (κ1) is 29.6. The van der Waals surface area contributed by atoms with E-state index in [2.05, 4.69) is 10.6 Å². The lowest BCUT2D eigenvalue weighted by atomic mass is 9.86. The smallest absolute Gasteiger partial charge is 0.303 e. The van der Waals surface area contributed by atoms with Gasteiger partial charge in [-0.3, -0.25) is 19.2 Å². The van der Waals surface area contributed by atoms with Crippen LogP contribution in [0.4, 0.5) is 0 Å². The van der Waals surface area contributed by atoms with E-state index >= 15 is 0 Å². The van der Waals surface area contributed by atoms with Gasteiger partial charge in [-0.2, -0.15) is 0 Å². The van der Waals surface area contributed by atoms with Gasteiger partial charge >= 0.3 is 11.9 Å². The van der Waals surface area contributed by atoms with Crippen LogP contribution in [-0.2, 0) is 28.7 Å². The molecule has 0 saturated carbocycles. The van der Waals surface area contributed by atoms with Crippen LogP contribution in [0.3, 0.4) is 0 Å². The summed E-state index contributed by atoms with van der Waals surface area (Å²) in [5.41, 5.74) is -0.910. The molecule has 0 aromatic heterocycles. The summed E-state index contributed by atoms with van der Waals surface area (Å²) in [6.07, 6.45) is -1.01. The first-order valence-electron chi connectivity index (χ1n) is 9.45. The summed E-state index contributed by atoms with van der Waals surface area (Å²) in [4.78, 5) is 45.8. The molecular weight excluding hydrogens is 352 g/mol. The topological polar surface area (TPSA) is 111 Å². The van der Waals surface area contributed by atoms with E-state index in [1.165, 1.54) is 13.8 Å². The third-order valence-electron chi connectivity index (χ3n) is 2.90. The van der Waals surface area contributed by atoms with Gasteiger partial charge < -0.3 is 20.1 Å². The van der Waals surface area contributed by atoms with Crippen LogP contribution in [0.1, 0.15) is 68.7 Å². The van der Waals surface area contributed by atoms with Crippen molar-refractivity contribution in [1.29, 1.82) is 0 Å². The fourth-order valence-electron chi connectivity index (χ4n) is 1.77. The SMILES string of the molecule is CC.CC.CCNC(=O)CCNC(=O)C(OC(C)=O)C(C)(C)COC(C)=O. The number of carbonyl (C=O) groups is 4. The second kappa shape index (κ2) is 17.3. The van der Waals surface area contributed by atoms with Crippen molar-refractivity contribution in [2.24, 2.45) is 5.41 Å². The molecule has 0 heterocycles. The normalized spacial score (nSPS) is 10.7. The molecule has 2 N–H and O–H groups in total. The van der Waals surface area contributed by atoms with Crippen molar-refractivity contribution >= 4 is 23.8 Å². The van der Waals surface area contributed by atoms with Crippen LogP contribution in [0.25, 0.3) is 0 Å².